The van der Waals surface area contributed by atoms with Crippen LogP contribution in [0.4, 0.5) is 5.82 Å². The molecular formula is C14H22N4O. The molecule has 0 bridgehead atoms. The third kappa shape index (κ3) is 2.87. The van der Waals surface area contributed by atoms with Crippen molar-refractivity contribution in [3.8, 4) is 0 Å². The van der Waals surface area contributed by atoms with Crippen molar-refractivity contribution < 1.29 is 4.79 Å². The number of hydrogen-bond donors (Lipinski definition) is 2. The maximum Gasteiger partial charge on any atom is 0.252 e. The lowest BCUT2D eigenvalue weighted by atomic mass is 9.96. The number of amides is 1. The summed E-state index contributed by atoms with van der Waals surface area (Å²) in [5, 5.41) is 0. The van der Waals surface area contributed by atoms with E-state index in [2.05, 4.69) is 9.88 Å². The van der Waals surface area contributed by atoms with Gasteiger partial charge in [-0.2, -0.15) is 0 Å². The molecule has 1 aliphatic heterocycles. The van der Waals surface area contributed by atoms with Crippen LogP contribution in [0.3, 0.4) is 0 Å². The van der Waals surface area contributed by atoms with Crippen LogP contribution in [0.2, 0.25) is 0 Å². The second-order valence-corrected chi connectivity index (χ2v) is 5.30. The number of rotatable bonds is 3. The summed E-state index contributed by atoms with van der Waals surface area (Å²) in [6.45, 7) is 4.80. The van der Waals surface area contributed by atoms with Crippen LogP contribution in [-0.4, -0.2) is 29.5 Å². The molecule has 2 atom stereocenters. The van der Waals surface area contributed by atoms with E-state index >= 15 is 0 Å². The average Bonchev–Trinajstić information content (AvgIpc) is 2.38. The number of carbonyl (C=O) groups is 1. The van der Waals surface area contributed by atoms with E-state index in [-0.39, 0.29) is 12.1 Å². The maximum atomic E-state index is 11.6. The maximum absolute atomic E-state index is 11.6. The first kappa shape index (κ1) is 13.8. The molecule has 1 amide bonds. The average molecular weight is 262 g/mol. The molecule has 0 radical (unpaired) electrons. The number of nitrogens with two attached hydrogens (primary N) is 2. The predicted octanol–water partition coefficient (Wildman–Crippen LogP) is 1.20. The van der Waals surface area contributed by atoms with Crippen molar-refractivity contribution >= 4 is 11.7 Å². The third-order valence-electron chi connectivity index (χ3n) is 3.71. The first-order chi connectivity index (χ1) is 9.00. The number of nitrogens with zero attached hydrogens (tertiary/aromatic N) is 2. The van der Waals surface area contributed by atoms with Crippen molar-refractivity contribution in [3.05, 3.63) is 23.4 Å². The molecule has 0 aromatic carbocycles. The molecular weight excluding hydrogens is 240 g/mol. The second kappa shape index (κ2) is 5.57. The summed E-state index contributed by atoms with van der Waals surface area (Å²) in [5.74, 6) is 0.256. The van der Waals surface area contributed by atoms with Crippen LogP contribution in [0.5, 0.6) is 0 Å². The number of piperidine rings is 1. The van der Waals surface area contributed by atoms with Crippen LogP contribution in [0.25, 0.3) is 0 Å². The van der Waals surface area contributed by atoms with Gasteiger partial charge < -0.3 is 16.4 Å². The largest absolute Gasteiger partial charge is 0.365 e. The van der Waals surface area contributed by atoms with Gasteiger partial charge in [-0.3, -0.25) is 4.79 Å². The highest BCUT2D eigenvalue weighted by Crippen LogP contribution is 2.27. The monoisotopic (exact) mass is 262 g/mol. The van der Waals surface area contributed by atoms with E-state index in [4.69, 9.17) is 11.5 Å². The van der Waals surface area contributed by atoms with Gasteiger partial charge in [0.25, 0.3) is 5.91 Å². The zero-order valence-corrected chi connectivity index (χ0v) is 11.6. The number of aromatic nitrogens is 1. The van der Waals surface area contributed by atoms with E-state index in [0.29, 0.717) is 11.4 Å². The Balaban J connectivity index is 2.43. The summed E-state index contributed by atoms with van der Waals surface area (Å²) in [6.07, 6.45) is 3.29. The van der Waals surface area contributed by atoms with Crippen molar-refractivity contribution in [3.63, 3.8) is 0 Å². The number of hydrogen-bond acceptors (Lipinski definition) is 4. The van der Waals surface area contributed by atoms with Crippen LogP contribution >= 0.6 is 0 Å². The van der Waals surface area contributed by atoms with Gasteiger partial charge in [0.2, 0.25) is 0 Å². The number of primary amides is 1. The molecule has 2 unspecified atom stereocenters. The topological polar surface area (TPSA) is 85.2 Å². The van der Waals surface area contributed by atoms with Crippen molar-refractivity contribution in [2.45, 2.75) is 45.2 Å². The number of aryl methyl sites for hydroxylation is 1. The summed E-state index contributed by atoms with van der Waals surface area (Å²) in [4.78, 5) is 18.3. The van der Waals surface area contributed by atoms with Crippen LogP contribution in [0.1, 0.15) is 42.2 Å². The summed E-state index contributed by atoms with van der Waals surface area (Å²) in [6, 6.07) is 3.84. The molecule has 0 saturated carbocycles. The van der Waals surface area contributed by atoms with Gasteiger partial charge in [-0.15, -0.1) is 0 Å². The second-order valence-electron chi connectivity index (χ2n) is 5.30. The van der Waals surface area contributed by atoms with Gasteiger partial charge in [0.05, 0.1) is 5.56 Å². The Bertz CT molecular complexity index is 473. The molecule has 1 fully saturated rings. The highest BCUT2D eigenvalue weighted by Gasteiger charge is 2.29. The van der Waals surface area contributed by atoms with Crippen molar-refractivity contribution in [2.24, 2.45) is 11.5 Å². The Morgan fingerprint density at radius 3 is 2.84 bits per heavy atom. The molecule has 5 heteroatoms. The van der Waals surface area contributed by atoms with Gasteiger partial charge in [0, 0.05) is 24.3 Å². The van der Waals surface area contributed by atoms with Crippen LogP contribution in [-0.2, 0) is 0 Å². The minimum absolute atomic E-state index is 0.0448. The smallest absolute Gasteiger partial charge is 0.252 e. The van der Waals surface area contributed by atoms with E-state index in [0.717, 1.165) is 25.1 Å². The fourth-order valence-corrected chi connectivity index (χ4v) is 2.72. The quantitative estimate of drug-likeness (QED) is 0.857. The van der Waals surface area contributed by atoms with Gasteiger partial charge in [-0.1, -0.05) is 0 Å². The lowest BCUT2D eigenvalue weighted by Crippen LogP contribution is -2.50. The van der Waals surface area contributed by atoms with Gasteiger partial charge in [-0.05, 0) is 45.2 Å². The van der Waals surface area contributed by atoms with Crippen LogP contribution < -0.4 is 16.4 Å². The molecule has 4 N–H and O–H groups in total. The normalized spacial score (nSPS) is 21.2. The lowest BCUT2D eigenvalue weighted by molar-refractivity contribution is 0.1000. The van der Waals surface area contributed by atoms with E-state index in [1.54, 1.807) is 6.07 Å². The van der Waals surface area contributed by atoms with E-state index < -0.39 is 5.91 Å². The first-order valence-corrected chi connectivity index (χ1v) is 6.80. The van der Waals surface area contributed by atoms with Crippen LogP contribution in [0, 0.1) is 6.92 Å². The summed E-state index contributed by atoms with van der Waals surface area (Å²) >= 11 is 0. The standard InChI is InChI=1S/C14H22N4O/c1-9-6-7-11(13(16)19)14(17-9)18-8-4-3-5-12(18)10(2)15/h6-7,10,12H,3-5,8,15H2,1-2H3,(H2,16,19). The first-order valence-electron chi connectivity index (χ1n) is 6.80. The molecule has 1 aromatic rings. The fourth-order valence-electron chi connectivity index (χ4n) is 2.72. The molecule has 2 heterocycles. The molecule has 19 heavy (non-hydrogen) atoms. The Morgan fingerprint density at radius 2 is 2.21 bits per heavy atom. The molecule has 1 saturated heterocycles. The van der Waals surface area contributed by atoms with E-state index in [1.165, 1.54) is 6.42 Å². The Morgan fingerprint density at radius 1 is 1.47 bits per heavy atom. The lowest BCUT2D eigenvalue weighted by Gasteiger charge is -2.39. The van der Waals surface area contributed by atoms with Gasteiger partial charge in [0.1, 0.15) is 5.82 Å². The molecule has 5 nitrogen and oxygen atoms in total. The number of carbonyl (C=O) groups excluding carboxylic acids is 1. The highest BCUT2D eigenvalue weighted by atomic mass is 16.1. The molecule has 0 spiro atoms. The van der Waals surface area contributed by atoms with Crippen molar-refractivity contribution in [1.82, 2.24) is 4.98 Å². The summed E-state index contributed by atoms with van der Waals surface area (Å²) in [5.41, 5.74) is 12.9. The summed E-state index contributed by atoms with van der Waals surface area (Å²) in [7, 11) is 0. The minimum Gasteiger partial charge on any atom is -0.365 e. The number of anilines is 1. The SMILES string of the molecule is Cc1ccc(C(N)=O)c(N2CCCCC2C(C)N)n1. The minimum atomic E-state index is -0.434. The van der Waals surface area contributed by atoms with Gasteiger partial charge >= 0.3 is 0 Å². The zero-order valence-electron chi connectivity index (χ0n) is 11.6. The predicted molar refractivity (Wildman–Crippen MR) is 76.1 cm³/mol. The number of pyridine rings is 1. The Kier molecular flexibility index (Phi) is 4.04. The summed E-state index contributed by atoms with van der Waals surface area (Å²) < 4.78 is 0. The molecule has 104 valence electrons. The molecule has 1 aromatic heterocycles. The van der Waals surface area contributed by atoms with E-state index in [1.807, 2.05) is 19.9 Å². The van der Waals surface area contributed by atoms with Crippen LogP contribution in [0.15, 0.2) is 12.1 Å². The molecule has 0 aliphatic carbocycles. The highest BCUT2D eigenvalue weighted by molar-refractivity contribution is 5.97. The fraction of sp³-hybridized carbons (Fsp3) is 0.571. The van der Waals surface area contributed by atoms with Crippen molar-refractivity contribution in [2.75, 3.05) is 11.4 Å². The Hall–Kier alpha value is -1.62. The van der Waals surface area contributed by atoms with E-state index in [9.17, 15) is 4.79 Å². The van der Waals surface area contributed by atoms with Gasteiger partial charge in [-0.25, -0.2) is 4.98 Å². The third-order valence-corrected chi connectivity index (χ3v) is 3.71. The zero-order chi connectivity index (χ0) is 14.0. The molecule has 1 aliphatic rings. The van der Waals surface area contributed by atoms with Gasteiger partial charge in [0.15, 0.2) is 0 Å². The van der Waals surface area contributed by atoms with Crippen molar-refractivity contribution in [1.29, 1.82) is 0 Å². The Labute approximate surface area is 114 Å². The molecule has 2 rings (SSSR count).